The Balaban J connectivity index is 0.00000320. The maximum absolute atomic E-state index is 12.2. The summed E-state index contributed by atoms with van der Waals surface area (Å²) in [4.78, 5) is 37.4. The number of carboxylic acid groups (broad SMARTS) is 1. The smallest absolute Gasteiger partial charge is 0.545 e. The summed E-state index contributed by atoms with van der Waals surface area (Å²) in [6, 6.07) is 5.90. The summed E-state index contributed by atoms with van der Waals surface area (Å²) in [6.07, 6.45) is 0.927. The molecular formula is C21H23N2NaO6. The zero-order chi connectivity index (χ0) is 21.3. The number of rotatable bonds is 4. The summed E-state index contributed by atoms with van der Waals surface area (Å²) in [6.45, 7) is 6.90. The molecule has 154 valence electrons. The van der Waals surface area contributed by atoms with Gasteiger partial charge in [-0.05, 0) is 57.0 Å². The molecule has 2 amide bonds. The Hall–Kier alpha value is -2.29. The topological polar surface area (TPSA) is 112 Å². The zero-order valence-corrected chi connectivity index (χ0v) is 19.7. The number of carboxylic acids is 1. The van der Waals surface area contributed by atoms with Crippen molar-refractivity contribution in [2.24, 2.45) is 0 Å². The van der Waals surface area contributed by atoms with Crippen LogP contribution in [0.4, 0.5) is 10.5 Å². The number of carbonyl (C=O) groups excluding carboxylic acids is 3. The third kappa shape index (κ3) is 4.88. The fourth-order valence-corrected chi connectivity index (χ4v) is 3.71. The molecule has 3 rings (SSSR count). The third-order valence-corrected chi connectivity index (χ3v) is 4.80. The number of ether oxygens (including phenoxy) is 1. The van der Waals surface area contributed by atoms with Gasteiger partial charge in [0.1, 0.15) is 5.76 Å². The van der Waals surface area contributed by atoms with Crippen LogP contribution in [0.3, 0.4) is 0 Å². The van der Waals surface area contributed by atoms with Crippen LogP contribution in [-0.4, -0.2) is 30.1 Å². The van der Waals surface area contributed by atoms with Crippen molar-refractivity contribution in [3.05, 3.63) is 41.7 Å². The Morgan fingerprint density at radius 1 is 1.27 bits per heavy atom. The fourth-order valence-electron chi connectivity index (χ4n) is 3.71. The molecule has 0 bridgehead atoms. The molecule has 1 aromatic heterocycles. The van der Waals surface area contributed by atoms with Gasteiger partial charge in [-0.25, -0.2) is 4.79 Å². The van der Waals surface area contributed by atoms with Crippen molar-refractivity contribution in [3.8, 4) is 11.3 Å². The van der Waals surface area contributed by atoms with E-state index in [0.717, 1.165) is 0 Å². The van der Waals surface area contributed by atoms with Gasteiger partial charge in [0.25, 0.3) is 0 Å². The normalized spacial score (nSPS) is 17.7. The molecule has 2 atom stereocenters. The molecule has 0 unspecified atom stereocenters. The first-order valence-electron chi connectivity index (χ1n) is 9.39. The number of hydrogen-bond acceptors (Lipinski definition) is 6. The van der Waals surface area contributed by atoms with Crippen LogP contribution in [0.1, 0.15) is 56.1 Å². The number of alkyl carbamates (subject to hydrolysis) is 1. The van der Waals surface area contributed by atoms with E-state index < -0.39 is 18.1 Å². The summed E-state index contributed by atoms with van der Waals surface area (Å²) >= 11 is 0. The van der Waals surface area contributed by atoms with Gasteiger partial charge in [-0.15, -0.1) is 0 Å². The van der Waals surface area contributed by atoms with Gasteiger partial charge in [-0.2, -0.15) is 0 Å². The van der Waals surface area contributed by atoms with Crippen LogP contribution in [0, 0.1) is 0 Å². The van der Waals surface area contributed by atoms with Crippen LogP contribution in [0.15, 0.2) is 34.9 Å². The summed E-state index contributed by atoms with van der Waals surface area (Å²) in [5.74, 6) is -1.31. The van der Waals surface area contributed by atoms with E-state index in [1.165, 1.54) is 19.3 Å². The van der Waals surface area contributed by atoms with Crippen molar-refractivity contribution in [3.63, 3.8) is 0 Å². The summed E-state index contributed by atoms with van der Waals surface area (Å²) < 4.78 is 10.5. The minimum Gasteiger partial charge on any atom is -0.545 e. The number of fused-ring (bicyclic) bond motifs is 1. The largest absolute Gasteiger partial charge is 1.00 e. The minimum atomic E-state index is -1.35. The standard InChI is InChI=1S/C21H24N2O6.Na/c1-11(2)29-21(27)22-17-9-12(3)23(13(4)24)18-6-5-14(10-16(17)18)19-15(20(25)26)7-8-28-19;/h5-8,10-12,17H,9H2,1-4H3,(H,22,27)(H,25,26);/q;+1/p-1/t12-,17+;/m1./s1. The number of aromatic carboxylic acids is 1. The molecule has 0 saturated heterocycles. The molecule has 9 heteroatoms. The summed E-state index contributed by atoms with van der Waals surface area (Å²) in [5.41, 5.74) is 1.77. The van der Waals surface area contributed by atoms with Crippen LogP contribution in [0.5, 0.6) is 0 Å². The van der Waals surface area contributed by atoms with Crippen LogP contribution in [-0.2, 0) is 9.53 Å². The van der Waals surface area contributed by atoms with Gasteiger partial charge >= 0.3 is 35.7 Å². The molecule has 2 heterocycles. The molecule has 0 fully saturated rings. The van der Waals surface area contributed by atoms with E-state index >= 15 is 0 Å². The Morgan fingerprint density at radius 2 is 1.97 bits per heavy atom. The average Bonchev–Trinajstić information content (AvgIpc) is 3.10. The number of amides is 2. The monoisotopic (exact) mass is 422 g/mol. The van der Waals surface area contributed by atoms with E-state index in [4.69, 9.17) is 9.15 Å². The average molecular weight is 422 g/mol. The first-order chi connectivity index (χ1) is 13.7. The van der Waals surface area contributed by atoms with E-state index in [-0.39, 0.29) is 58.9 Å². The van der Waals surface area contributed by atoms with Crippen molar-refractivity contribution in [2.75, 3.05) is 4.90 Å². The molecule has 1 aliphatic heterocycles. The molecule has 0 radical (unpaired) electrons. The van der Waals surface area contributed by atoms with Gasteiger partial charge < -0.3 is 29.3 Å². The van der Waals surface area contributed by atoms with Crippen molar-refractivity contribution < 1.29 is 58.2 Å². The van der Waals surface area contributed by atoms with Crippen LogP contribution >= 0.6 is 0 Å². The first-order valence-corrected chi connectivity index (χ1v) is 9.39. The molecule has 0 spiro atoms. The maximum atomic E-state index is 12.2. The van der Waals surface area contributed by atoms with Gasteiger partial charge in [0.15, 0.2) is 0 Å². The van der Waals surface area contributed by atoms with Gasteiger partial charge in [-0.3, -0.25) is 4.79 Å². The zero-order valence-electron chi connectivity index (χ0n) is 17.7. The van der Waals surface area contributed by atoms with E-state index in [2.05, 4.69) is 5.32 Å². The fraction of sp³-hybridized carbons (Fsp3) is 0.381. The molecule has 30 heavy (non-hydrogen) atoms. The molecular weight excluding hydrogens is 399 g/mol. The van der Waals surface area contributed by atoms with Gasteiger partial charge in [0.05, 0.1) is 24.4 Å². The Bertz CT molecular complexity index is 955. The summed E-state index contributed by atoms with van der Waals surface area (Å²) in [5, 5.41) is 14.2. The predicted molar refractivity (Wildman–Crippen MR) is 103 cm³/mol. The minimum absolute atomic E-state index is 0. The Kier molecular flexibility index (Phi) is 7.74. The third-order valence-electron chi connectivity index (χ3n) is 4.80. The number of benzene rings is 1. The second-order valence-electron chi connectivity index (χ2n) is 7.35. The van der Waals surface area contributed by atoms with Crippen molar-refractivity contribution in [1.29, 1.82) is 0 Å². The van der Waals surface area contributed by atoms with E-state index in [0.29, 0.717) is 23.2 Å². The Labute approximate surface area is 196 Å². The number of furan rings is 1. The number of nitrogens with zero attached hydrogens (tertiary/aromatic N) is 1. The summed E-state index contributed by atoms with van der Waals surface area (Å²) in [7, 11) is 0. The second-order valence-corrected chi connectivity index (χ2v) is 7.35. The van der Waals surface area contributed by atoms with Gasteiger partial charge in [-0.1, -0.05) is 0 Å². The molecule has 0 aliphatic carbocycles. The molecule has 0 saturated carbocycles. The molecule has 1 aliphatic rings. The van der Waals surface area contributed by atoms with Gasteiger partial charge in [0.2, 0.25) is 5.91 Å². The van der Waals surface area contributed by atoms with Crippen LogP contribution in [0.25, 0.3) is 11.3 Å². The maximum Gasteiger partial charge on any atom is 1.00 e. The number of hydrogen-bond donors (Lipinski definition) is 1. The van der Waals surface area contributed by atoms with Crippen molar-refractivity contribution >= 4 is 23.7 Å². The molecule has 8 nitrogen and oxygen atoms in total. The van der Waals surface area contributed by atoms with Crippen molar-refractivity contribution in [2.45, 2.75) is 52.3 Å². The SMILES string of the molecule is CC(=O)N1c2ccc(-c3occc3C(=O)[O-])cc2[C@@H](NC(=O)OC(C)C)C[C@H]1C.[Na+]. The van der Waals surface area contributed by atoms with E-state index in [1.807, 2.05) is 6.92 Å². The van der Waals surface area contributed by atoms with Crippen LogP contribution in [0.2, 0.25) is 0 Å². The molecule has 1 N–H and O–H groups in total. The molecule has 2 aromatic rings. The van der Waals surface area contributed by atoms with Crippen LogP contribution < -0.4 is 44.9 Å². The van der Waals surface area contributed by atoms with Crippen molar-refractivity contribution in [1.82, 2.24) is 5.32 Å². The Morgan fingerprint density at radius 3 is 2.57 bits per heavy atom. The second kappa shape index (κ2) is 9.68. The number of carbonyl (C=O) groups is 3. The molecule has 1 aromatic carbocycles. The quantitative estimate of drug-likeness (QED) is 0.674. The van der Waals surface area contributed by atoms with Gasteiger partial charge in [0, 0.05) is 29.8 Å². The van der Waals surface area contributed by atoms with E-state index in [1.54, 1.807) is 36.9 Å². The first kappa shape index (κ1) is 24.0. The van der Waals surface area contributed by atoms with E-state index in [9.17, 15) is 19.5 Å². The number of nitrogens with one attached hydrogen (secondary N) is 1. The number of anilines is 1. The predicted octanol–water partition coefficient (Wildman–Crippen LogP) is -0.365.